The number of methoxy groups -OCH3 is 1. The molecule has 1 aromatic heterocycles. The van der Waals surface area contributed by atoms with Gasteiger partial charge in [0.25, 0.3) is 0 Å². The largest absolute Gasteiger partial charge is 0.383 e. The Morgan fingerprint density at radius 1 is 1.47 bits per heavy atom. The highest BCUT2D eigenvalue weighted by atomic mass is 16.5. The molecule has 6 nitrogen and oxygen atoms in total. The maximum Gasteiger partial charge on any atom is 0.140 e. The highest BCUT2D eigenvalue weighted by molar-refractivity contribution is 4.83. The number of nitrogens with one attached hydrogen (secondary N) is 1. The quantitative estimate of drug-likeness (QED) is 0.615. The van der Waals surface area contributed by atoms with Gasteiger partial charge in [0.05, 0.1) is 13.2 Å². The Kier molecular flexibility index (Phi) is 6.76. The molecule has 0 amide bonds. The van der Waals surface area contributed by atoms with Crippen molar-refractivity contribution in [2.45, 2.75) is 20.0 Å². The summed E-state index contributed by atoms with van der Waals surface area (Å²) in [5.41, 5.74) is 0. The van der Waals surface area contributed by atoms with Crippen LogP contribution in [0.2, 0.25) is 0 Å². The minimum Gasteiger partial charge on any atom is -0.383 e. The zero-order valence-electron chi connectivity index (χ0n) is 11.0. The summed E-state index contributed by atoms with van der Waals surface area (Å²) in [4.78, 5) is 6.49. The van der Waals surface area contributed by atoms with Gasteiger partial charge in [0.2, 0.25) is 0 Å². The van der Waals surface area contributed by atoms with Crippen molar-refractivity contribution < 1.29 is 4.74 Å². The Labute approximate surface area is 103 Å². The molecule has 0 radical (unpaired) electrons. The van der Waals surface area contributed by atoms with Gasteiger partial charge in [-0.15, -0.1) is 0 Å². The van der Waals surface area contributed by atoms with Gasteiger partial charge in [0.1, 0.15) is 12.2 Å². The van der Waals surface area contributed by atoms with E-state index >= 15 is 0 Å². The number of likely N-dealkylation sites (N-methyl/N-ethyl adjacent to an activating group) is 1. The van der Waals surface area contributed by atoms with Crippen LogP contribution in [0, 0.1) is 0 Å². The zero-order chi connectivity index (χ0) is 12.5. The normalized spacial score (nSPS) is 11.3. The summed E-state index contributed by atoms with van der Waals surface area (Å²) in [5, 5.41) is 7.47. The molecular weight excluding hydrogens is 218 g/mol. The van der Waals surface area contributed by atoms with Gasteiger partial charge in [-0.3, -0.25) is 4.90 Å². The molecular formula is C11H23N5O. The van der Waals surface area contributed by atoms with Crippen molar-refractivity contribution >= 4 is 0 Å². The van der Waals surface area contributed by atoms with Crippen LogP contribution in [0.1, 0.15) is 12.7 Å². The molecule has 0 aliphatic carbocycles. The number of hydrogen-bond donors (Lipinski definition) is 1. The van der Waals surface area contributed by atoms with Crippen LogP contribution in [-0.4, -0.2) is 60.1 Å². The number of hydrogen-bond acceptors (Lipinski definition) is 5. The molecule has 0 aliphatic heterocycles. The van der Waals surface area contributed by atoms with Crippen LogP contribution >= 0.6 is 0 Å². The van der Waals surface area contributed by atoms with Gasteiger partial charge in [-0.2, -0.15) is 5.10 Å². The van der Waals surface area contributed by atoms with Crippen LogP contribution in [0.4, 0.5) is 0 Å². The lowest BCUT2D eigenvalue weighted by molar-refractivity contribution is 0.197. The monoisotopic (exact) mass is 241 g/mol. The van der Waals surface area contributed by atoms with Crippen molar-refractivity contribution in [3.63, 3.8) is 0 Å². The molecule has 0 atom stereocenters. The highest BCUT2D eigenvalue weighted by Gasteiger charge is 2.05. The molecule has 0 saturated heterocycles. The van der Waals surface area contributed by atoms with Crippen LogP contribution in [0.25, 0.3) is 0 Å². The van der Waals surface area contributed by atoms with Crippen LogP contribution in [0.3, 0.4) is 0 Å². The van der Waals surface area contributed by atoms with Gasteiger partial charge < -0.3 is 10.1 Å². The first kappa shape index (κ1) is 14.1. The van der Waals surface area contributed by atoms with Gasteiger partial charge in [0.15, 0.2) is 0 Å². The minimum absolute atomic E-state index is 0.758. The fourth-order valence-electron chi connectivity index (χ4n) is 1.56. The number of rotatable bonds is 9. The van der Waals surface area contributed by atoms with E-state index in [2.05, 4.69) is 34.3 Å². The molecule has 17 heavy (non-hydrogen) atoms. The minimum atomic E-state index is 0.758. The van der Waals surface area contributed by atoms with Gasteiger partial charge in [-0.1, -0.05) is 0 Å². The summed E-state index contributed by atoms with van der Waals surface area (Å²) in [7, 11) is 3.80. The lowest BCUT2D eigenvalue weighted by Gasteiger charge is -2.16. The zero-order valence-corrected chi connectivity index (χ0v) is 11.0. The molecule has 0 aromatic carbocycles. The van der Waals surface area contributed by atoms with Crippen molar-refractivity contribution in [2.75, 3.05) is 40.4 Å². The van der Waals surface area contributed by atoms with Crippen LogP contribution in [0.15, 0.2) is 6.33 Å². The summed E-state index contributed by atoms with van der Waals surface area (Å²) < 4.78 is 6.89. The SMILES string of the molecule is CCn1ncnc1CN(C)CCNCCOC. The van der Waals surface area contributed by atoms with Crippen LogP contribution < -0.4 is 5.32 Å². The molecule has 0 saturated carbocycles. The van der Waals surface area contributed by atoms with E-state index in [1.54, 1.807) is 13.4 Å². The highest BCUT2D eigenvalue weighted by Crippen LogP contribution is 1.98. The fourth-order valence-corrected chi connectivity index (χ4v) is 1.56. The van der Waals surface area contributed by atoms with E-state index in [0.717, 1.165) is 45.2 Å². The summed E-state index contributed by atoms with van der Waals surface area (Å²) >= 11 is 0. The van der Waals surface area contributed by atoms with Crippen molar-refractivity contribution in [3.8, 4) is 0 Å². The summed E-state index contributed by atoms with van der Waals surface area (Å²) in [5.74, 6) is 1.02. The molecule has 1 aromatic rings. The second-order valence-electron chi connectivity index (χ2n) is 3.97. The topological polar surface area (TPSA) is 55.2 Å². The van der Waals surface area contributed by atoms with Gasteiger partial charge >= 0.3 is 0 Å². The van der Waals surface area contributed by atoms with E-state index in [4.69, 9.17) is 4.74 Å². The Bertz CT molecular complexity index is 302. The molecule has 0 spiro atoms. The molecule has 6 heteroatoms. The Balaban J connectivity index is 2.18. The summed E-state index contributed by atoms with van der Waals surface area (Å²) in [6.45, 7) is 7.38. The van der Waals surface area contributed by atoms with Crippen molar-refractivity contribution in [1.29, 1.82) is 0 Å². The molecule has 1 rings (SSSR count). The number of ether oxygens (including phenoxy) is 1. The molecule has 0 fully saturated rings. The Morgan fingerprint density at radius 2 is 2.29 bits per heavy atom. The van der Waals surface area contributed by atoms with E-state index in [0.29, 0.717) is 0 Å². The first-order valence-electron chi connectivity index (χ1n) is 6.02. The smallest absolute Gasteiger partial charge is 0.140 e. The first-order chi connectivity index (χ1) is 8.27. The lowest BCUT2D eigenvalue weighted by Crippen LogP contribution is -2.31. The Morgan fingerprint density at radius 3 is 3.00 bits per heavy atom. The standard InChI is InChI=1S/C11H23N5O/c1-4-16-11(13-10-14-16)9-15(2)7-5-12-6-8-17-3/h10,12H,4-9H2,1-3H3. The third-order valence-corrected chi connectivity index (χ3v) is 2.56. The Hall–Kier alpha value is -0.980. The number of aryl methyl sites for hydroxylation is 1. The van der Waals surface area contributed by atoms with Gasteiger partial charge in [-0.25, -0.2) is 9.67 Å². The second-order valence-corrected chi connectivity index (χ2v) is 3.97. The molecule has 1 N–H and O–H groups in total. The molecule has 0 unspecified atom stereocenters. The lowest BCUT2D eigenvalue weighted by atomic mass is 10.4. The number of nitrogens with zero attached hydrogens (tertiary/aromatic N) is 4. The third-order valence-electron chi connectivity index (χ3n) is 2.56. The van der Waals surface area contributed by atoms with E-state index in [-0.39, 0.29) is 0 Å². The molecule has 0 bridgehead atoms. The summed E-state index contributed by atoms with van der Waals surface area (Å²) in [6.07, 6.45) is 1.61. The average molecular weight is 241 g/mol. The first-order valence-corrected chi connectivity index (χ1v) is 6.02. The number of aromatic nitrogens is 3. The van der Waals surface area contributed by atoms with Crippen molar-refractivity contribution in [1.82, 2.24) is 25.0 Å². The van der Waals surface area contributed by atoms with Crippen LogP contribution in [0.5, 0.6) is 0 Å². The van der Waals surface area contributed by atoms with E-state index in [1.807, 2.05) is 4.68 Å². The molecule has 1 heterocycles. The maximum atomic E-state index is 4.97. The second kappa shape index (κ2) is 8.16. The van der Waals surface area contributed by atoms with Crippen LogP contribution in [-0.2, 0) is 17.8 Å². The van der Waals surface area contributed by atoms with Crippen molar-refractivity contribution in [2.24, 2.45) is 0 Å². The third kappa shape index (κ3) is 5.25. The van der Waals surface area contributed by atoms with E-state index in [1.165, 1.54) is 0 Å². The van der Waals surface area contributed by atoms with Crippen molar-refractivity contribution in [3.05, 3.63) is 12.2 Å². The van der Waals surface area contributed by atoms with Gasteiger partial charge in [0, 0.05) is 33.3 Å². The average Bonchev–Trinajstić information content (AvgIpc) is 2.76. The predicted octanol–water partition coefficient (Wildman–Crippen LogP) is -0.0342. The summed E-state index contributed by atoms with van der Waals surface area (Å²) in [6, 6.07) is 0. The van der Waals surface area contributed by atoms with Gasteiger partial charge in [-0.05, 0) is 14.0 Å². The van der Waals surface area contributed by atoms with E-state index < -0.39 is 0 Å². The molecule has 98 valence electrons. The maximum absolute atomic E-state index is 4.97. The fraction of sp³-hybridized carbons (Fsp3) is 0.818. The predicted molar refractivity (Wildman–Crippen MR) is 66.8 cm³/mol. The van der Waals surface area contributed by atoms with E-state index in [9.17, 15) is 0 Å². The molecule has 0 aliphatic rings.